The first-order valence-corrected chi connectivity index (χ1v) is 15.0. The van der Waals surface area contributed by atoms with Crippen LogP contribution >= 0.6 is 0 Å². The predicted octanol–water partition coefficient (Wildman–Crippen LogP) is 5.63. The average molecular weight is 588 g/mol. The van der Waals surface area contributed by atoms with E-state index in [1.165, 1.54) is 72.8 Å². The van der Waals surface area contributed by atoms with Crippen molar-refractivity contribution in [3.8, 4) is 0 Å². The standard InChI is InChI=1S/C29H21N3O7S2/c33-29(21-7-3-8-24(19-21)32(34)35)30-22-11-15-25(16-12-22)40(36,37)26-17-13-23(14-18-26)31-41(38,39)28-10-4-6-20-5-1-2-9-27(20)28/h1-19,31H,(H,30,33). The topological polar surface area (TPSA) is 153 Å². The van der Waals surface area contributed by atoms with E-state index in [0.717, 1.165) is 11.5 Å². The average Bonchev–Trinajstić information content (AvgIpc) is 2.97. The zero-order valence-electron chi connectivity index (χ0n) is 21.1. The van der Waals surface area contributed by atoms with E-state index in [9.17, 15) is 31.7 Å². The van der Waals surface area contributed by atoms with Gasteiger partial charge >= 0.3 is 0 Å². The molecule has 0 saturated carbocycles. The number of carbonyl (C=O) groups is 1. The second kappa shape index (κ2) is 10.8. The summed E-state index contributed by atoms with van der Waals surface area (Å²) in [4.78, 5) is 22.8. The van der Waals surface area contributed by atoms with Crippen LogP contribution in [0.25, 0.3) is 10.8 Å². The molecule has 2 N–H and O–H groups in total. The molecule has 0 atom stereocenters. The molecule has 0 fully saturated rings. The molecule has 5 aromatic rings. The lowest BCUT2D eigenvalue weighted by atomic mass is 10.1. The van der Waals surface area contributed by atoms with Gasteiger partial charge in [-0.1, -0.05) is 42.5 Å². The number of rotatable bonds is 8. The van der Waals surface area contributed by atoms with Gasteiger partial charge in [-0.05, 0) is 66.0 Å². The van der Waals surface area contributed by atoms with Gasteiger partial charge in [-0.25, -0.2) is 16.8 Å². The number of sulfonamides is 1. The van der Waals surface area contributed by atoms with Gasteiger partial charge in [0.15, 0.2) is 0 Å². The zero-order chi connectivity index (χ0) is 29.2. The lowest BCUT2D eigenvalue weighted by Crippen LogP contribution is -2.13. The van der Waals surface area contributed by atoms with Crippen LogP contribution in [0.3, 0.4) is 0 Å². The lowest BCUT2D eigenvalue weighted by Gasteiger charge is -2.12. The van der Waals surface area contributed by atoms with Crippen LogP contribution in [0, 0.1) is 10.1 Å². The van der Waals surface area contributed by atoms with Crippen LogP contribution in [0.5, 0.6) is 0 Å². The maximum Gasteiger partial charge on any atom is 0.270 e. The van der Waals surface area contributed by atoms with Crippen molar-refractivity contribution in [2.75, 3.05) is 10.0 Å². The highest BCUT2D eigenvalue weighted by Crippen LogP contribution is 2.27. The maximum absolute atomic E-state index is 13.2. The van der Waals surface area contributed by atoms with E-state index in [1.54, 1.807) is 18.2 Å². The van der Waals surface area contributed by atoms with Gasteiger partial charge in [-0.2, -0.15) is 0 Å². The second-order valence-corrected chi connectivity index (χ2v) is 12.5. The number of hydrogen-bond acceptors (Lipinski definition) is 7. The Bertz CT molecular complexity index is 2000. The highest BCUT2D eigenvalue weighted by Gasteiger charge is 2.20. The molecular weight excluding hydrogens is 566 g/mol. The second-order valence-electron chi connectivity index (χ2n) is 8.90. The third-order valence-corrected chi connectivity index (χ3v) is 9.42. The summed E-state index contributed by atoms with van der Waals surface area (Å²) in [5.41, 5.74) is 0.327. The Kier molecular flexibility index (Phi) is 7.26. The van der Waals surface area contributed by atoms with E-state index < -0.39 is 30.7 Å². The van der Waals surface area contributed by atoms with Crippen molar-refractivity contribution in [3.05, 3.63) is 131 Å². The first kappa shape index (κ1) is 27.5. The first-order valence-electron chi connectivity index (χ1n) is 12.1. The molecule has 206 valence electrons. The highest BCUT2D eigenvalue weighted by atomic mass is 32.2. The van der Waals surface area contributed by atoms with Gasteiger partial charge in [0.05, 0.1) is 19.6 Å². The monoisotopic (exact) mass is 587 g/mol. The van der Waals surface area contributed by atoms with Crippen LogP contribution in [-0.4, -0.2) is 27.7 Å². The number of sulfone groups is 1. The van der Waals surface area contributed by atoms with Gasteiger partial charge in [0.1, 0.15) is 0 Å². The third kappa shape index (κ3) is 5.78. The first-order chi connectivity index (χ1) is 19.5. The fourth-order valence-corrected chi connectivity index (χ4v) is 6.71. The van der Waals surface area contributed by atoms with Crippen LogP contribution < -0.4 is 10.0 Å². The van der Waals surface area contributed by atoms with Gasteiger partial charge in [0.25, 0.3) is 21.6 Å². The Labute approximate surface area is 235 Å². The molecule has 12 heteroatoms. The number of fused-ring (bicyclic) bond motifs is 1. The number of anilines is 2. The molecular formula is C29H21N3O7S2. The maximum atomic E-state index is 13.2. The fourth-order valence-electron chi connectivity index (χ4n) is 4.16. The number of nitro groups is 1. The molecule has 0 unspecified atom stereocenters. The molecule has 5 aromatic carbocycles. The lowest BCUT2D eigenvalue weighted by molar-refractivity contribution is -0.384. The summed E-state index contributed by atoms with van der Waals surface area (Å²) in [6, 6.07) is 28.0. The van der Waals surface area contributed by atoms with Gasteiger partial charge in [-0.15, -0.1) is 0 Å². The van der Waals surface area contributed by atoms with Crippen molar-refractivity contribution >= 4 is 53.6 Å². The molecule has 0 aromatic heterocycles. The number of carbonyl (C=O) groups excluding carboxylic acids is 1. The summed E-state index contributed by atoms with van der Waals surface area (Å²) in [6.07, 6.45) is 0. The van der Waals surface area contributed by atoms with Crippen LogP contribution in [0.15, 0.2) is 130 Å². The van der Waals surface area contributed by atoms with Crippen molar-refractivity contribution in [2.24, 2.45) is 0 Å². The Hall–Kier alpha value is -5.07. The summed E-state index contributed by atoms with van der Waals surface area (Å²) in [5.74, 6) is -0.592. The number of benzene rings is 5. The number of amides is 1. The Morgan fingerprint density at radius 2 is 1.27 bits per heavy atom. The van der Waals surface area contributed by atoms with E-state index in [2.05, 4.69) is 10.0 Å². The molecule has 0 heterocycles. The minimum Gasteiger partial charge on any atom is -0.322 e. The summed E-state index contributed by atoms with van der Waals surface area (Å²) >= 11 is 0. The fraction of sp³-hybridized carbons (Fsp3) is 0. The van der Waals surface area contributed by atoms with E-state index in [0.29, 0.717) is 11.1 Å². The predicted molar refractivity (Wildman–Crippen MR) is 154 cm³/mol. The molecule has 0 aliphatic heterocycles. The van der Waals surface area contributed by atoms with Gasteiger partial charge in [-0.3, -0.25) is 19.6 Å². The SMILES string of the molecule is O=C(Nc1ccc(S(=O)(=O)c2ccc(NS(=O)(=O)c3cccc4ccccc34)cc2)cc1)c1cccc([N+](=O)[O-])c1. The molecule has 1 amide bonds. The third-order valence-electron chi connectivity index (χ3n) is 6.20. The quantitative estimate of drug-likeness (QED) is 0.176. The number of hydrogen-bond donors (Lipinski definition) is 2. The normalized spacial score (nSPS) is 11.6. The Morgan fingerprint density at radius 3 is 1.93 bits per heavy atom. The molecule has 10 nitrogen and oxygen atoms in total. The van der Waals surface area contributed by atoms with Crippen LogP contribution in [0.4, 0.5) is 17.1 Å². The summed E-state index contributed by atoms with van der Waals surface area (Å²) in [6.45, 7) is 0. The highest BCUT2D eigenvalue weighted by molar-refractivity contribution is 7.93. The van der Waals surface area contributed by atoms with E-state index >= 15 is 0 Å². The molecule has 5 rings (SSSR count). The molecule has 0 aliphatic rings. The molecule has 0 bridgehead atoms. The van der Waals surface area contributed by atoms with Gasteiger partial charge in [0, 0.05) is 34.5 Å². The van der Waals surface area contributed by atoms with Gasteiger partial charge in [0.2, 0.25) is 9.84 Å². The number of nitrogens with zero attached hydrogens (tertiary/aromatic N) is 1. The van der Waals surface area contributed by atoms with Crippen molar-refractivity contribution in [2.45, 2.75) is 14.7 Å². The van der Waals surface area contributed by atoms with E-state index in [-0.39, 0.29) is 31.6 Å². The summed E-state index contributed by atoms with van der Waals surface area (Å²) in [7, 11) is -7.91. The molecule has 41 heavy (non-hydrogen) atoms. The Balaban J connectivity index is 1.31. The van der Waals surface area contributed by atoms with Gasteiger partial charge < -0.3 is 5.32 Å². The largest absolute Gasteiger partial charge is 0.322 e. The summed E-state index contributed by atoms with van der Waals surface area (Å²) in [5, 5.41) is 14.9. The Morgan fingerprint density at radius 1 is 0.683 bits per heavy atom. The number of nitrogens with one attached hydrogen (secondary N) is 2. The zero-order valence-corrected chi connectivity index (χ0v) is 22.7. The molecule has 0 saturated heterocycles. The van der Waals surface area contributed by atoms with Crippen molar-refractivity contribution < 1.29 is 26.6 Å². The van der Waals surface area contributed by atoms with Crippen LogP contribution in [-0.2, 0) is 19.9 Å². The summed E-state index contributed by atoms with van der Waals surface area (Å²) < 4.78 is 55.0. The number of non-ortho nitro benzene ring substituents is 1. The van der Waals surface area contributed by atoms with E-state index in [4.69, 9.17) is 0 Å². The van der Waals surface area contributed by atoms with Crippen molar-refractivity contribution in [1.29, 1.82) is 0 Å². The van der Waals surface area contributed by atoms with Crippen LogP contribution in [0.2, 0.25) is 0 Å². The minimum atomic E-state index is -3.96. The number of nitro benzene ring substituents is 1. The molecule has 0 radical (unpaired) electrons. The van der Waals surface area contributed by atoms with E-state index in [1.807, 2.05) is 18.2 Å². The molecule has 0 aliphatic carbocycles. The minimum absolute atomic E-state index is 0.0464. The van der Waals surface area contributed by atoms with Crippen LogP contribution in [0.1, 0.15) is 10.4 Å². The van der Waals surface area contributed by atoms with Crippen molar-refractivity contribution in [3.63, 3.8) is 0 Å². The molecule has 0 spiro atoms. The smallest absolute Gasteiger partial charge is 0.270 e. The van der Waals surface area contributed by atoms with Crippen molar-refractivity contribution in [1.82, 2.24) is 0 Å².